The van der Waals surface area contributed by atoms with Gasteiger partial charge in [-0.15, -0.1) is 0 Å². The largest absolute Gasteiger partial charge is 0.371 e. The van der Waals surface area contributed by atoms with Crippen LogP contribution >= 0.6 is 23.5 Å². The maximum Gasteiger partial charge on any atom is 0.371 e. The molecule has 0 aromatic heterocycles. The average Bonchev–Trinajstić information content (AvgIpc) is 2.79. The van der Waals surface area contributed by atoms with Crippen molar-refractivity contribution in [3.8, 4) is 0 Å². The Kier molecular flexibility index (Phi) is 3.75. The molecule has 0 N–H and O–H groups in total. The van der Waals surface area contributed by atoms with Crippen LogP contribution < -0.4 is 0 Å². The van der Waals surface area contributed by atoms with Crippen molar-refractivity contribution in [1.29, 1.82) is 0 Å². The summed E-state index contributed by atoms with van der Waals surface area (Å²) in [5, 5.41) is 1.56. The van der Waals surface area contributed by atoms with Gasteiger partial charge in [0.1, 0.15) is 0 Å². The fourth-order valence-electron chi connectivity index (χ4n) is 1.38. The lowest BCUT2D eigenvalue weighted by Crippen LogP contribution is -2.21. The van der Waals surface area contributed by atoms with Crippen LogP contribution in [0.4, 0.5) is 4.79 Å². The van der Waals surface area contributed by atoms with Gasteiger partial charge >= 0.3 is 6.03 Å². The molecule has 0 radical (unpaired) electrons. The van der Waals surface area contributed by atoms with E-state index >= 15 is 0 Å². The van der Waals surface area contributed by atoms with E-state index in [1.165, 1.54) is 0 Å². The van der Waals surface area contributed by atoms with Gasteiger partial charge in [0.15, 0.2) is 10.3 Å². The van der Waals surface area contributed by atoms with Crippen LogP contribution in [0.5, 0.6) is 0 Å². The molecule has 0 atom stereocenters. The van der Waals surface area contributed by atoms with E-state index in [-0.39, 0.29) is 0 Å². The fourth-order valence-corrected chi connectivity index (χ4v) is 3.39. The number of hydrogen-bond donors (Lipinski definition) is 0. The second-order valence-electron chi connectivity index (χ2n) is 3.61. The molecule has 88 valence electrons. The van der Waals surface area contributed by atoms with Gasteiger partial charge < -0.3 is 9.80 Å². The zero-order valence-corrected chi connectivity index (χ0v) is 11.0. The van der Waals surface area contributed by atoms with Gasteiger partial charge in [0, 0.05) is 38.7 Å². The minimum absolute atomic E-state index is 0.396. The van der Waals surface area contributed by atoms with Crippen molar-refractivity contribution in [1.82, 2.24) is 9.80 Å². The molecule has 2 heterocycles. The van der Waals surface area contributed by atoms with Crippen molar-refractivity contribution in [2.24, 2.45) is 9.98 Å². The van der Waals surface area contributed by atoms with Crippen molar-refractivity contribution in [2.45, 2.75) is 0 Å². The van der Waals surface area contributed by atoms with E-state index in [0.717, 1.165) is 34.9 Å². The third kappa shape index (κ3) is 2.70. The molecular weight excluding hydrogens is 244 g/mol. The summed E-state index contributed by atoms with van der Waals surface area (Å²) in [6.45, 7) is 1.89. The van der Waals surface area contributed by atoms with E-state index in [4.69, 9.17) is 0 Å². The highest BCUT2D eigenvalue weighted by atomic mass is 32.2. The summed E-state index contributed by atoms with van der Waals surface area (Å²) in [4.78, 5) is 23.5. The number of carbonyl (C=O) groups is 1. The van der Waals surface area contributed by atoms with E-state index in [0.29, 0.717) is 0 Å². The van der Waals surface area contributed by atoms with Gasteiger partial charge in [-0.2, -0.15) is 9.98 Å². The lowest BCUT2D eigenvalue weighted by Gasteiger charge is -2.09. The number of carbonyl (C=O) groups excluding carboxylic acids is 1. The monoisotopic (exact) mass is 258 g/mol. The lowest BCUT2D eigenvalue weighted by molar-refractivity contribution is 0.256. The van der Waals surface area contributed by atoms with Crippen LogP contribution in [0.2, 0.25) is 0 Å². The molecule has 0 bridgehead atoms. The summed E-state index contributed by atoms with van der Waals surface area (Å²) in [5.41, 5.74) is 0. The molecule has 2 aliphatic rings. The molecule has 2 aliphatic heterocycles. The number of thioether (sulfide) groups is 2. The maximum atomic E-state index is 11.6. The van der Waals surface area contributed by atoms with E-state index in [1.807, 2.05) is 23.9 Å². The number of nitrogens with zero attached hydrogens (tertiary/aromatic N) is 4. The van der Waals surface area contributed by atoms with Crippen molar-refractivity contribution in [3.05, 3.63) is 0 Å². The highest BCUT2D eigenvalue weighted by molar-refractivity contribution is 8.14. The van der Waals surface area contributed by atoms with E-state index in [1.54, 1.807) is 23.5 Å². The molecule has 0 aromatic rings. The van der Waals surface area contributed by atoms with E-state index in [2.05, 4.69) is 9.98 Å². The standard InChI is InChI=1S/C9H14N4OS2/c1-12-3-5-15-8(12)10-7(14)11-9-13(2)4-6-16-9/h3-6H2,1-2H3/b10-8+,11-9+. The molecule has 0 unspecified atom stereocenters. The first-order chi connectivity index (χ1) is 7.66. The minimum atomic E-state index is -0.396. The molecule has 0 spiro atoms. The Morgan fingerprint density at radius 1 is 1.06 bits per heavy atom. The molecular formula is C9H14N4OS2. The quantitative estimate of drug-likeness (QED) is 0.653. The molecule has 2 saturated heterocycles. The van der Waals surface area contributed by atoms with Gasteiger partial charge in [-0.05, 0) is 0 Å². The van der Waals surface area contributed by atoms with Crippen LogP contribution in [0.1, 0.15) is 0 Å². The predicted octanol–water partition coefficient (Wildman–Crippen LogP) is 1.18. The predicted molar refractivity (Wildman–Crippen MR) is 70.4 cm³/mol. The SMILES string of the molecule is CN1CCS/C1=N/C(=O)/N=C1/SCCN1C. The van der Waals surface area contributed by atoms with Crippen LogP contribution in [-0.4, -0.2) is 64.9 Å². The van der Waals surface area contributed by atoms with Gasteiger partial charge in [0.25, 0.3) is 0 Å². The van der Waals surface area contributed by atoms with Crippen molar-refractivity contribution < 1.29 is 4.79 Å². The van der Waals surface area contributed by atoms with Crippen LogP contribution in [0.3, 0.4) is 0 Å². The van der Waals surface area contributed by atoms with Gasteiger partial charge in [-0.3, -0.25) is 0 Å². The number of hydrogen-bond acceptors (Lipinski definition) is 3. The Balaban J connectivity index is 2.03. The molecule has 2 amide bonds. The summed E-state index contributed by atoms with van der Waals surface area (Å²) in [5.74, 6) is 1.99. The molecule has 7 heteroatoms. The van der Waals surface area contributed by atoms with Crippen LogP contribution in [-0.2, 0) is 0 Å². The maximum absolute atomic E-state index is 11.6. The molecule has 0 saturated carbocycles. The van der Waals surface area contributed by atoms with Crippen LogP contribution in [0, 0.1) is 0 Å². The minimum Gasteiger partial charge on any atom is -0.353 e. The zero-order chi connectivity index (χ0) is 11.5. The van der Waals surface area contributed by atoms with E-state index in [9.17, 15) is 4.79 Å². The molecule has 0 aliphatic carbocycles. The second kappa shape index (κ2) is 5.09. The van der Waals surface area contributed by atoms with Gasteiger partial charge in [-0.25, -0.2) is 4.79 Å². The summed E-state index contributed by atoms with van der Waals surface area (Å²) in [6.07, 6.45) is 0. The Bertz CT molecular complexity index is 323. The molecule has 2 fully saturated rings. The Morgan fingerprint density at radius 3 is 1.81 bits per heavy atom. The number of urea groups is 1. The summed E-state index contributed by atoms with van der Waals surface area (Å²) >= 11 is 3.21. The van der Waals surface area contributed by atoms with Gasteiger partial charge in [0.05, 0.1) is 0 Å². The summed E-state index contributed by atoms with van der Waals surface area (Å²) in [7, 11) is 3.88. The molecule has 16 heavy (non-hydrogen) atoms. The van der Waals surface area contributed by atoms with Crippen molar-refractivity contribution in [2.75, 3.05) is 38.7 Å². The second-order valence-corrected chi connectivity index (χ2v) is 5.74. The Labute approximate surface area is 103 Å². The number of amidine groups is 2. The average molecular weight is 258 g/mol. The number of aliphatic imine (C=N–C) groups is 2. The third-order valence-corrected chi connectivity index (χ3v) is 4.45. The van der Waals surface area contributed by atoms with Crippen molar-refractivity contribution in [3.63, 3.8) is 0 Å². The number of amides is 2. The topological polar surface area (TPSA) is 48.3 Å². The fraction of sp³-hybridized carbons (Fsp3) is 0.667. The first kappa shape index (κ1) is 11.8. The number of rotatable bonds is 0. The van der Waals surface area contributed by atoms with Crippen LogP contribution in [0.15, 0.2) is 9.98 Å². The molecule has 0 aromatic carbocycles. The zero-order valence-electron chi connectivity index (χ0n) is 9.34. The Morgan fingerprint density at radius 2 is 1.50 bits per heavy atom. The molecule has 5 nitrogen and oxygen atoms in total. The first-order valence-corrected chi connectivity index (χ1v) is 7.03. The van der Waals surface area contributed by atoms with Gasteiger partial charge in [0.2, 0.25) is 0 Å². The third-order valence-electron chi connectivity index (χ3n) is 2.35. The van der Waals surface area contributed by atoms with E-state index < -0.39 is 6.03 Å². The highest BCUT2D eigenvalue weighted by Crippen LogP contribution is 2.18. The summed E-state index contributed by atoms with van der Waals surface area (Å²) in [6, 6.07) is -0.396. The first-order valence-electron chi connectivity index (χ1n) is 5.06. The smallest absolute Gasteiger partial charge is 0.353 e. The molecule has 2 rings (SSSR count). The normalized spacial score (nSPS) is 26.1. The van der Waals surface area contributed by atoms with Gasteiger partial charge in [-0.1, -0.05) is 23.5 Å². The highest BCUT2D eigenvalue weighted by Gasteiger charge is 2.19. The Hall–Kier alpha value is -0.690. The summed E-state index contributed by atoms with van der Waals surface area (Å²) < 4.78 is 0. The van der Waals surface area contributed by atoms with Crippen LogP contribution in [0.25, 0.3) is 0 Å². The lowest BCUT2D eigenvalue weighted by atomic mass is 10.7. The van der Waals surface area contributed by atoms with Crippen molar-refractivity contribution >= 4 is 39.9 Å².